The van der Waals surface area contributed by atoms with Crippen molar-refractivity contribution in [2.75, 3.05) is 5.73 Å². The number of nitrogens with two attached hydrogens (primary N) is 2. The third-order valence-corrected chi connectivity index (χ3v) is 4.09. The number of nitrogen functional groups attached to an aromatic ring is 1. The zero-order chi connectivity index (χ0) is 20.1. The maximum absolute atomic E-state index is 12.4. The first-order valence-electron chi connectivity index (χ1n) is 8.49. The van der Waals surface area contributed by atoms with Crippen molar-refractivity contribution in [3.8, 4) is 5.75 Å². The minimum absolute atomic E-state index is 0.0199. The average molecular weight is 377 g/mol. The molecule has 3 aromatic rings. The van der Waals surface area contributed by atoms with Crippen LogP contribution in [0.25, 0.3) is 0 Å². The summed E-state index contributed by atoms with van der Waals surface area (Å²) in [6.45, 7) is 0.209. The van der Waals surface area contributed by atoms with E-state index in [1.54, 1.807) is 42.5 Å². The number of amides is 2. The summed E-state index contributed by atoms with van der Waals surface area (Å²) < 4.78 is 0. The SMILES string of the molecule is NC(=O)c1nc(Cc2cccc(C(=O)NCc3ccccc3O)c2)cnc1N. The van der Waals surface area contributed by atoms with Crippen LogP contribution in [-0.4, -0.2) is 26.9 Å². The summed E-state index contributed by atoms with van der Waals surface area (Å²) in [5.41, 5.74) is 13.2. The molecule has 0 saturated heterocycles. The van der Waals surface area contributed by atoms with Gasteiger partial charge in [-0.3, -0.25) is 9.59 Å². The Morgan fingerprint density at radius 1 is 1.11 bits per heavy atom. The lowest BCUT2D eigenvalue weighted by molar-refractivity contribution is 0.0949. The number of nitrogens with one attached hydrogen (secondary N) is 1. The zero-order valence-corrected chi connectivity index (χ0v) is 14.9. The standard InChI is InChI=1S/C20H19N5O3/c21-18-17(19(22)27)25-15(11-23-18)9-12-4-3-6-13(8-12)20(28)24-10-14-5-1-2-7-16(14)26/h1-8,11,26H,9-10H2,(H2,21,23)(H2,22,27)(H,24,28). The number of anilines is 1. The van der Waals surface area contributed by atoms with Gasteiger partial charge in [0, 0.05) is 24.1 Å². The van der Waals surface area contributed by atoms with Gasteiger partial charge in [-0.05, 0) is 23.8 Å². The molecule has 0 bridgehead atoms. The van der Waals surface area contributed by atoms with Crippen LogP contribution in [0.3, 0.4) is 0 Å². The molecule has 3 rings (SSSR count). The second-order valence-electron chi connectivity index (χ2n) is 6.15. The highest BCUT2D eigenvalue weighted by molar-refractivity contribution is 5.95. The lowest BCUT2D eigenvalue weighted by Crippen LogP contribution is -2.23. The fraction of sp³-hybridized carbons (Fsp3) is 0.100. The van der Waals surface area contributed by atoms with E-state index in [1.807, 2.05) is 6.07 Å². The topological polar surface area (TPSA) is 144 Å². The lowest BCUT2D eigenvalue weighted by Gasteiger charge is -2.09. The number of rotatable bonds is 6. The van der Waals surface area contributed by atoms with Gasteiger partial charge in [0.05, 0.1) is 11.9 Å². The Labute approximate surface area is 161 Å². The first-order chi connectivity index (χ1) is 13.4. The minimum atomic E-state index is -0.746. The number of primary amides is 1. The third-order valence-electron chi connectivity index (χ3n) is 4.09. The normalized spacial score (nSPS) is 10.4. The molecule has 28 heavy (non-hydrogen) atoms. The van der Waals surface area contributed by atoms with Gasteiger partial charge in [0.2, 0.25) is 0 Å². The second kappa shape index (κ2) is 8.17. The number of aromatic nitrogens is 2. The molecule has 8 nitrogen and oxygen atoms in total. The van der Waals surface area contributed by atoms with Gasteiger partial charge in [0.15, 0.2) is 11.5 Å². The van der Waals surface area contributed by atoms with Gasteiger partial charge in [0.25, 0.3) is 11.8 Å². The molecular weight excluding hydrogens is 358 g/mol. The van der Waals surface area contributed by atoms with Gasteiger partial charge in [-0.1, -0.05) is 30.3 Å². The van der Waals surface area contributed by atoms with E-state index in [2.05, 4.69) is 15.3 Å². The first kappa shape index (κ1) is 18.8. The molecule has 0 unspecified atom stereocenters. The molecule has 8 heteroatoms. The van der Waals surface area contributed by atoms with Crippen molar-refractivity contribution in [2.45, 2.75) is 13.0 Å². The van der Waals surface area contributed by atoms with E-state index in [-0.39, 0.29) is 29.7 Å². The monoisotopic (exact) mass is 377 g/mol. The largest absolute Gasteiger partial charge is 0.508 e. The lowest BCUT2D eigenvalue weighted by atomic mass is 10.1. The number of carbonyl (C=O) groups is 2. The predicted molar refractivity (Wildman–Crippen MR) is 103 cm³/mol. The maximum Gasteiger partial charge on any atom is 0.271 e. The number of nitrogens with zero attached hydrogens (tertiary/aromatic N) is 2. The van der Waals surface area contributed by atoms with E-state index >= 15 is 0 Å². The van der Waals surface area contributed by atoms with Crippen molar-refractivity contribution in [3.05, 3.63) is 82.8 Å². The number of hydrogen-bond acceptors (Lipinski definition) is 6. The fourth-order valence-corrected chi connectivity index (χ4v) is 2.67. The molecule has 1 heterocycles. The molecule has 2 aromatic carbocycles. The van der Waals surface area contributed by atoms with E-state index in [0.717, 1.165) is 5.56 Å². The van der Waals surface area contributed by atoms with E-state index in [9.17, 15) is 14.7 Å². The molecule has 6 N–H and O–H groups in total. The highest BCUT2D eigenvalue weighted by atomic mass is 16.3. The number of aromatic hydroxyl groups is 1. The summed E-state index contributed by atoms with van der Waals surface area (Å²) in [5.74, 6) is -0.910. The van der Waals surface area contributed by atoms with Gasteiger partial charge in [0.1, 0.15) is 5.75 Å². The average Bonchev–Trinajstić information content (AvgIpc) is 2.68. The van der Waals surface area contributed by atoms with E-state index in [0.29, 0.717) is 23.2 Å². The van der Waals surface area contributed by atoms with E-state index in [1.165, 1.54) is 6.20 Å². The molecule has 0 aliphatic carbocycles. The number of phenolic OH excluding ortho intramolecular Hbond substituents is 1. The smallest absolute Gasteiger partial charge is 0.271 e. The molecule has 0 aliphatic heterocycles. The van der Waals surface area contributed by atoms with Crippen molar-refractivity contribution in [3.63, 3.8) is 0 Å². The quantitative estimate of drug-likeness (QED) is 0.511. The molecule has 0 atom stereocenters. The van der Waals surface area contributed by atoms with E-state index in [4.69, 9.17) is 11.5 Å². The van der Waals surface area contributed by atoms with Crippen LogP contribution in [-0.2, 0) is 13.0 Å². The summed E-state index contributed by atoms with van der Waals surface area (Å²) >= 11 is 0. The van der Waals surface area contributed by atoms with Crippen LogP contribution in [0.5, 0.6) is 5.75 Å². The summed E-state index contributed by atoms with van der Waals surface area (Å²) in [4.78, 5) is 31.8. The van der Waals surface area contributed by atoms with Crippen LogP contribution in [0.1, 0.15) is 37.7 Å². The number of phenols is 1. The maximum atomic E-state index is 12.4. The molecule has 0 fully saturated rings. The Hall–Kier alpha value is -3.94. The summed E-state index contributed by atoms with van der Waals surface area (Å²) in [6, 6.07) is 13.8. The van der Waals surface area contributed by atoms with Crippen molar-refractivity contribution < 1.29 is 14.7 Å². The van der Waals surface area contributed by atoms with Crippen LogP contribution in [0.4, 0.5) is 5.82 Å². The Kier molecular flexibility index (Phi) is 5.50. The van der Waals surface area contributed by atoms with Gasteiger partial charge in [-0.15, -0.1) is 0 Å². The van der Waals surface area contributed by atoms with Gasteiger partial charge >= 0.3 is 0 Å². The molecular formula is C20H19N5O3. The highest BCUT2D eigenvalue weighted by Gasteiger charge is 2.12. The van der Waals surface area contributed by atoms with Crippen molar-refractivity contribution in [1.82, 2.24) is 15.3 Å². The van der Waals surface area contributed by atoms with E-state index < -0.39 is 5.91 Å². The van der Waals surface area contributed by atoms with Crippen molar-refractivity contribution in [1.29, 1.82) is 0 Å². The summed E-state index contributed by atoms with van der Waals surface area (Å²) in [6.07, 6.45) is 1.82. The number of benzene rings is 2. The molecule has 1 aromatic heterocycles. The molecule has 2 amide bonds. The Bertz CT molecular complexity index is 1040. The molecule has 0 saturated carbocycles. The van der Waals surface area contributed by atoms with Crippen molar-refractivity contribution in [2.24, 2.45) is 5.73 Å². The van der Waals surface area contributed by atoms with Gasteiger partial charge in [-0.2, -0.15) is 0 Å². The first-order valence-corrected chi connectivity index (χ1v) is 8.49. The minimum Gasteiger partial charge on any atom is -0.508 e. The third kappa shape index (κ3) is 4.42. The molecule has 0 radical (unpaired) electrons. The number of para-hydroxylation sites is 1. The number of hydrogen-bond donors (Lipinski definition) is 4. The summed E-state index contributed by atoms with van der Waals surface area (Å²) in [5, 5.41) is 12.6. The Balaban J connectivity index is 1.72. The zero-order valence-electron chi connectivity index (χ0n) is 14.9. The predicted octanol–water partition coefficient (Wildman–Crippen LogP) is 1.38. The molecule has 0 aliphatic rings. The Morgan fingerprint density at radius 3 is 2.64 bits per heavy atom. The molecule has 0 spiro atoms. The summed E-state index contributed by atoms with van der Waals surface area (Å²) in [7, 11) is 0. The highest BCUT2D eigenvalue weighted by Crippen LogP contribution is 2.16. The van der Waals surface area contributed by atoms with Crippen LogP contribution < -0.4 is 16.8 Å². The second-order valence-corrected chi connectivity index (χ2v) is 6.15. The van der Waals surface area contributed by atoms with Crippen LogP contribution in [0.2, 0.25) is 0 Å². The van der Waals surface area contributed by atoms with Gasteiger partial charge < -0.3 is 21.9 Å². The van der Waals surface area contributed by atoms with Crippen LogP contribution in [0, 0.1) is 0 Å². The number of carbonyl (C=O) groups excluding carboxylic acids is 2. The Morgan fingerprint density at radius 2 is 1.89 bits per heavy atom. The van der Waals surface area contributed by atoms with Crippen molar-refractivity contribution >= 4 is 17.6 Å². The van der Waals surface area contributed by atoms with Gasteiger partial charge in [-0.25, -0.2) is 9.97 Å². The van der Waals surface area contributed by atoms with Crippen LogP contribution in [0.15, 0.2) is 54.7 Å². The fourth-order valence-electron chi connectivity index (χ4n) is 2.67. The van der Waals surface area contributed by atoms with Crippen LogP contribution >= 0.6 is 0 Å². The molecule has 142 valence electrons.